The molecule has 0 aliphatic carbocycles. The summed E-state index contributed by atoms with van der Waals surface area (Å²) in [6, 6.07) is 4.08. The van der Waals surface area contributed by atoms with Crippen LogP contribution < -0.4 is 5.73 Å². The fraction of sp³-hybridized carbons (Fsp3) is 0.615. The molecule has 0 bridgehead atoms. The molecule has 96 valence electrons. The quantitative estimate of drug-likeness (QED) is 0.739. The lowest BCUT2D eigenvalue weighted by Gasteiger charge is -2.20. The molecule has 0 aliphatic rings. The van der Waals surface area contributed by atoms with Crippen molar-refractivity contribution < 1.29 is 4.74 Å². The van der Waals surface area contributed by atoms with Gasteiger partial charge in [-0.05, 0) is 38.1 Å². The van der Waals surface area contributed by atoms with Crippen molar-refractivity contribution in [3.8, 4) is 0 Å². The summed E-state index contributed by atoms with van der Waals surface area (Å²) in [5.74, 6) is 0. The van der Waals surface area contributed by atoms with Gasteiger partial charge in [-0.3, -0.25) is 4.98 Å². The number of aromatic nitrogens is 1. The lowest BCUT2D eigenvalue weighted by Crippen LogP contribution is -2.29. The predicted molar refractivity (Wildman–Crippen MR) is 69.7 cm³/mol. The van der Waals surface area contributed by atoms with Crippen molar-refractivity contribution in [3.05, 3.63) is 30.1 Å². The Hall–Kier alpha value is -0.970. The zero-order chi connectivity index (χ0) is 12.5. The van der Waals surface area contributed by atoms with Crippen LogP contribution in [0.5, 0.6) is 0 Å². The van der Waals surface area contributed by atoms with Crippen LogP contribution in [0.15, 0.2) is 24.5 Å². The van der Waals surface area contributed by atoms with Gasteiger partial charge in [-0.1, -0.05) is 0 Å². The molecule has 0 spiro atoms. The predicted octanol–water partition coefficient (Wildman–Crippen LogP) is 1.27. The number of hydrogen-bond donors (Lipinski definition) is 1. The number of ether oxygens (including phenoxy) is 1. The van der Waals surface area contributed by atoms with E-state index in [2.05, 4.69) is 16.9 Å². The van der Waals surface area contributed by atoms with Gasteiger partial charge in [0.25, 0.3) is 0 Å². The van der Waals surface area contributed by atoms with Crippen LogP contribution in [-0.2, 0) is 11.3 Å². The first-order valence-electron chi connectivity index (χ1n) is 6.15. The molecule has 1 aromatic rings. The fourth-order valence-corrected chi connectivity index (χ4v) is 1.75. The molecule has 1 rings (SSSR count). The Morgan fingerprint density at radius 2 is 2.12 bits per heavy atom. The molecule has 0 radical (unpaired) electrons. The third-order valence-electron chi connectivity index (χ3n) is 2.70. The summed E-state index contributed by atoms with van der Waals surface area (Å²) < 4.78 is 5.53. The van der Waals surface area contributed by atoms with Crippen LogP contribution in [0.3, 0.4) is 0 Å². The summed E-state index contributed by atoms with van der Waals surface area (Å²) in [7, 11) is 2.11. The Morgan fingerprint density at radius 3 is 2.71 bits per heavy atom. The lowest BCUT2D eigenvalue weighted by molar-refractivity contribution is 0.0559. The molecular formula is C13H23N3O. The highest BCUT2D eigenvalue weighted by Crippen LogP contribution is 2.04. The molecule has 1 atom stereocenters. The Morgan fingerprint density at radius 1 is 1.41 bits per heavy atom. The third kappa shape index (κ3) is 5.77. The standard InChI is InChI=1S/C13H23N3O/c1-3-17-13(10-14)6-9-16(2)11-12-4-7-15-8-5-12/h4-5,7-8,13H,3,6,9-11,14H2,1-2H3. The first-order valence-corrected chi connectivity index (χ1v) is 6.15. The van der Waals surface area contributed by atoms with Crippen molar-refractivity contribution in [2.75, 3.05) is 26.7 Å². The summed E-state index contributed by atoms with van der Waals surface area (Å²) in [5, 5.41) is 0. The van der Waals surface area contributed by atoms with E-state index in [-0.39, 0.29) is 6.10 Å². The smallest absolute Gasteiger partial charge is 0.0709 e. The topological polar surface area (TPSA) is 51.4 Å². The van der Waals surface area contributed by atoms with Gasteiger partial charge >= 0.3 is 0 Å². The van der Waals surface area contributed by atoms with Crippen molar-refractivity contribution in [1.82, 2.24) is 9.88 Å². The first kappa shape index (κ1) is 14.1. The molecule has 4 heteroatoms. The van der Waals surface area contributed by atoms with Crippen molar-refractivity contribution in [3.63, 3.8) is 0 Å². The highest BCUT2D eigenvalue weighted by molar-refractivity contribution is 5.09. The maximum atomic E-state index is 5.65. The Balaban J connectivity index is 2.27. The summed E-state index contributed by atoms with van der Waals surface area (Å²) >= 11 is 0. The third-order valence-corrected chi connectivity index (χ3v) is 2.70. The van der Waals surface area contributed by atoms with Gasteiger partial charge in [-0.2, -0.15) is 0 Å². The monoisotopic (exact) mass is 237 g/mol. The second-order valence-electron chi connectivity index (χ2n) is 4.19. The van der Waals surface area contributed by atoms with E-state index in [0.29, 0.717) is 6.54 Å². The van der Waals surface area contributed by atoms with Crippen LogP contribution in [0, 0.1) is 0 Å². The van der Waals surface area contributed by atoms with Crippen molar-refractivity contribution in [2.45, 2.75) is 26.0 Å². The van der Waals surface area contributed by atoms with E-state index < -0.39 is 0 Å². The molecule has 0 amide bonds. The van der Waals surface area contributed by atoms with Gasteiger partial charge in [0.2, 0.25) is 0 Å². The summed E-state index contributed by atoms with van der Waals surface area (Å²) in [5.41, 5.74) is 6.93. The van der Waals surface area contributed by atoms with Crippen molar-refractivity contribution in [1.29, 1.82) is 0 Å². The normalized spacial score (nSPS) is 12.9. The molecule has 2 N–H and O–H groups in total. The van der Waals surface area contributed by atoms with Gasteiger partial charge in [0.1, 0.15) is 0 Å². The van der Waals surface area contributed by atoms with E-state index in [1.165, 1.54) is 5.56 Å². The van der Waals surface area contributed by atoms with Gasteiger partial charge in [-0.15, -0.1) is 0 Å². The minimum Gasteiger partial charge on any atom is -0.377 e. The molecule has 0 saturated carbocycles. The molecule has 0 fully saturated rings. The van der Waals surface area contributed by atoms with Gasteiger partial charge in [0.05, 0.1) is 6.10 Å². The van der Waals surface area contributed by atoms with Gasteiger partial charge < -0.3 is 15.4 Å². The van der Waals surface area contributed by atoms with E-state index >= 15 is 0 Å². The summed E-state index contributed by atoms with van der Waals surface area (Å²) in [4.78, 5) is 6.28. The van der Waals surface area contributed by atoms with E-state index in [1.54, 1.807) is 0 Å². The van der Waals surface area contributed by atoms with E-state index in [1.807, 2.05) is 31.5 Å². The molecule has 1 aromatic heterocycles. The van der Waals surface area contributed by atoms with Gasteiger partial charge in [-0.25, -0.2) is 0 Å². The highest BCUT2D eigenvalue weighted by Gasteiger charge is 2.07. The maximum absolute atomic E-state index is 5.65. The van der Waals surface area contributed by atoms with Crippen LogP contribution in [0.1, 0.15) is 18.9 Å². The number of nitrogens with zero attached hydrogens (tertiary/aromatic N) is 2. The Labute approximate surface area is 104 Å². The molecular weight excluding hydrogens is 214 g/mol. The molecule has 0 aliphatic heterocycles. The van der Waals surface area contributed by atoms with Crippen LogP contribution >= 0.6 is 0 Å². The molecule has 4 nitrogen and oxygen atoms in total. The zero-order valence-corrected chi connectivity index (χ0v) is 10.8. The number of pyridine rings is 1. The zero-order valence-electron chi connectivity index (χ0n) is 10.8. The lowest BCUT2D eigenvalue weighted by atomic mass is 10.2. The van der Waals surface area contributed by atoms with Crippen LogP contribution in [-0.4, -0.2) is 42.7 Å². The number of rotatable bonds is 8. The minimum atomic E-state index is 0.180. The molecule has 0 aromatic carbocycles. The second kappa shape index (κ2) is 8.17. The van der Waals surface area contributed by atoms with E-state index in [9.17, 15) is 0 Å². The minimum absolute atomic E-state index is 0.180. The number of nitrogens with two attached hydrogens (primary N) is 1. The number of hydrogen-bond acceptors (Lipinski definition) is 4. The Kier molecular flexibility index (Phi) is 6.77. The van der Waals surface area contributed by atoms with E-state index in [4.69, 9.17) is 10.5 Å². The largest absolute Gasteiger partial charge is 0.377 e. The van der Waals surface area contributed by atoms with Crippen LogP contribution in [0.25, 0.3) is 0 Å². The van der Waals surface area contributed by atoms with Crippen molar-refractivity contribution in [2.24, 2.45) is 5.73 Å². The van der Waals surface area contributed by atoms with Gasteiger partial charge in [0, 0.05) is 38.6 Å². The fourth-order valence-electron chi connectivity index (χ4n) is 1.75. The van der Waals surface area contributed by atoms with E-state index in [0.717, 1.165) is 26.1 Å². The molecule has 0 saturated heterocycles. The van der Waals surface area contributed by atoms with Gasteiger partial charge in [0.15, 0.2) is 0 Å². The average molecular weight is 237 g/mol. The maximum Gasteiger partial charge on any atom is 0.0709 e. The highest BCUT2D eigenvalue weighted by atomic mass is 16.5. The molecule has 17 heavy (non-hydrogen) atoms. The average Bonchev–Trinajstić information content (AvgIpc) is 2.35. The van der Waals surface area contributed by atoms with Crippen LogP contribution in [0.4, 0.5) is 0 Å². The molecule has 1 heterocycles. The first-order chi connectivity index (χ1) is 8.26. The summed E-state index contributed by atoms with van der Waals surface area (Å²) in [6.45, 7) is 5.26. The second-order valence-corrected chi connectivity index (χ2v) is 4.19. The SMILES string of the molecule is CCOC(CN)CCN(C)Cc1ccncc1. The Bertz CT molecular complexity index is 292. The summed E-state index contributed by atoms with van der Waals surface area (Å²) in [6.07, 6.45) is 4.81. The molecule has 1 unspecified atom stereocenters. The van der Waals surface area contributed by atoms with Crippen LogP contribution in [0.2, 0.25) is 0 Å². The van der Waals surface area contributed by atoms with Crippen molar-refractivity contribution >= 4 is 0 Å².